The van der Waals surface area contributed by atoms with E-state index in [1.807, 2.05) is 36.4 Å². The van der Waals surface area contributed by atoms with Gasteiger partial charge in [-0.1, -0.05) is 12.1 Å². The highest BCUT2D eigenvalue weighted by Crippen LogP contribution is 2.29. The number of nitriles is 1. The number of benzene rings is 3. The van der Waals surface area contributed by atoms with Gasteiger partial charge in [0.2, 0.25) is 0 Å². The normalized spacial score (nSPS) is 13.7. The van der Waals surface area contributed by atoms with Crippen LogP contribution in [0.5, 0.6) is 11.5 Å². The van der Waals surface area contributed by atoms with Gasteiger partial charge in [0, 0.05) is 43.1 Å². The Kier molecular flexibility index (Phi) is 7.31. The molecular formula is C27H28N4O3. The predicted molar refractivity (Wildman–Crippen MR) is 133 cm³/mol. The molecule has 7 heteroatoms. The number of nitrogens with zero attached hydrogens (tertiary/aromatic N) is 3. The lowest BCUT2D eigenvalue weighted by atomic mass is 10.1. The van der Waals surface area contributed by atoms with Crippen molar-refractivity contribution in [3.63, 3.8) is 0 Å². The SMILES string of the molecule is COc1cc(C(=O)Nc2ccc(N3CCN(C)CC3)cc2)ccc1OCc1ccc(C#N)cc1. The number of nitrogens with one attached hydrogen (secondary N) is 1. The van der Waals surface area contributed by atoms with Crippen molar-refractivity contribution in [3.05, 3.63) is 83.4 Å². The number of carbonyl (C=O) groups is 1. The summed E-state index contributed by atoms with van der Waals surface area (Å²) in [6, 6.07) is 22.4. The molecule has 0 radical (unpaired) electrons. The summed E-state index contributed by atoms with van der Waals surface area (Å²) in [7, 11) is 3.68. The number of ether oxygens (including phenoxy) is 2. The van der Waals surface area contributed by atoms with Crippen LogP contribution in [0.1, 0.15) is 21.5 Å². The van der Waals surface area contributed by atoms with Crippen LogP contribution in [0, 0.1) is 11.3 Å². The van der Waals surface area contributed by atoms with Crippen LogP contribution in [0.4, 0.5) is 11.4 Å². The number of piperazine rings is 1. The van der Waals surface area contributed by atoms with Gasteiger partial charge in [-0.25, -0.2) is 0 Å². The van der Waals surface area contributed by atoms with Crippen LogP contribution < -0.4 is 19.7 Å². The number of methoxy groups -OCH3 is 1. The molecule has 3 aromatic rings. The minimum absolute atomic E-state index is 0.218. The molecule has 7 nitrogen and oxygen atoms in total. The number of hydrogen-bond donors (Lipinski definition) is 1. The predicted octanol–water partition coefficient (Wildman–Crippen LogP) is 4.15. The molecule has 0 atom stereocenters. The van der Waals surface area contributed by atoms with Crippen LogP contribution in [0.3, 0.4) is 0 Å². The highest BCUT2D eigenvalue weighted by molar-refractivity contribution is 6.04. The standard InChI is InChI=1S/C27H28N4O3/c1-30-13-15-31(16-14-30)24-10-8-23(9-11-24)29-27(32)22-7-12-25(26(17-22)33-2)34-19-21-5-3-20(18-28)4-6-21/h3-12,17H,13-16,19H2,1-2H3,(H,29,32). The molecule has 1 amide bonds. The van der Waals surface area contributed by atoms with Gasteiger partial charge in [-0.2, -0.15) is 5.26 Å². The zero-order chi connectivity index (χ0) is 23.9. The topological polar surface area (TPSA) is 77.8 Å². The molecule has 1 aliphatic heterocycles. The van der Waals surface area contributed by atoms with Crippen LogP contribution in [0.15, 0.2) is 66.7 Å². The van der Waals surface area contributed by atoms with E-state index in [0.29, 0.717) is 29.2 Å². The van der Waals surface area contributed by atoms with Gasteiger partial charge >= 0.3 is 0 Å². The highest BCUT2D eigenvalue weighted by Gasteiger charge is 2.15. The molecule has 1 heterocycles. The van der Waals surface area contributed by atoms with Crippen LogP contribution in [0.2, 0.25) is 0 Å². The van der Waals surface area contributed by atoms with Crippen molar-refractivity contribution in [2.75, 3.05) is 50.6 Å². The van der Waals surface area contributed by atoms with Gasteiger partial charge in [-0.15, -0.1) is 0 Å². The molecule has 0 bridgehead atoms. The van der Waals surface area contributed by atoms with Gasteiger partial charge in [0.25, 0.3) is 5.91 Å². The molecule has 0 spiro atoms. The third-order valence-corrected chi connectivity index (χ3v) is 5.90. The van der Waals surface area contributed by atoms with Crippen molar-refractivity contribution < 1.29 is 14.3 Å². The fourth-order valence-corrected chi connectivity index (χ4v) is 3.79. The van der Waals surface area contributed by atoms with Crippen molar-refractivity contribution in [3.8, 4) is 17.6 Å². The van der Waals surface area contributed by atoms with Crippen molar-refractivity contribution in [1.29, 1.82) is 5.26 Å². The maximum Gasteiger partial charge on any atom is 0.255 e. The van der Waals surface area contributed by atoms with E-state index in [2.05, 4.69) is 28.2 Å². The van der Waals surface area contributed by atoms with Crippen LogP contribution in [-0.2, 0) is 6.61 Å². The molecule has 1 N–H and O–H groups in total. The first-order chi connectivity index (χ1) is 16.6. The maximum absolute atomic E-state index is 12.8. The Hall–Kier alpha value is -4.02. The van der Waals surface area contributed by atoms with Crippen molar-refractivity contribution in [2.24, 2.45) is 0 Å². The Bertz CT molecular complexity index is 1160. The largest absolute Gasteiger partial charge is 0.493 e. The van der Waals surface area contributed by atoms with E-state index in [0.717, 1.165) is 43.1 Å². The third kappa shape index (κ3) is 5.66. The second-order valence-electron chi connectivity index (χ2n) is 8.25. The summed E-state index contributed by atoms with van der Waals surface area (Å²) >= 11 is 0. The monoisotopic (exact) mass is 456 g/mol. The first kappa shape index (κ1) is 23.1. The molecule has 174 valence electrons. The molecule has 1 saturated heterocycles. The molecule has 0 unspecified atom stereocenters. The molecule has 0 aliphatic carbocycles. The van der Waals surface area contributed by atoms with Gasteiger partial charge in [-0.3, -0.25) is 4.79 Å². The number of likely N-dealkylation sites (N-methyl/N-ethyl adjacent to an activating group) is 1. The molecule has 1 aliphatic rings. The lowest BCUT2D eigenvalue weighted by molar-refractivity contribution is 0.102. The van der Waals surface area contributed by atoms with Gasteiger partial charge in [0.15, 0.2) is 11.5 Å². The molecule has 3 aromatic carbocycles. The quantitative estimate of drug-likeness (QED) is 0.576. The van der Waals surface area contributed by atoms with Crippen LogP contribution in [-0.4, -0.2) is 51.1 Å². The smallest absolute Gasteiger partial charge is 0.255 e. The fraction of sp³-hybridized carbons (Fsp3) is 0.259. The molecule has 0 saturated carbocycles. The van der Waals surface area contributed by atoms with E-state index >= 15 is 0 Å². The van der Waals surface area contributed by atoms with Crippen LogP contribution in [0.25, 0.3) is 0 Å². The average Bonchev–Trinajstić information content (AvgIpc) is 2.88. The molecule has 4 rings (SSSR count). The summed E-state index contributed by atoms with van der Waals surface area (Å²) in [5.41, 5.74) is 3.92. The van der Waals surface area contributed by atoms with Gasteiger partial charge < -0.3 is 24.6 Å². The Morgan fingerprint density at radius 1 is 0.971 bits per heavy atom. The lowest BCUT2D eigenvalue weighted by Gasteiger charge is -2.34. The summed E-state index contributed by atoms with van der Waals surface area (Å²) in [6.45, 7) is 4.43. The molecule has 1 fully saturated rings. The number of hydrogen-bond acceptors (Lipinski definition) is 6. The van der Waals surface area contributed by atoms with E-state index in [1.54, 1.807) is 37.4 Å². The van der Waals surface area contributed by atoms with Crippen LogP contribution >= 0.6 is 0 Å². The minimum Gasteiger partial charge on any atom is -0.493 e. The number of anilines is 2. The summed E-state index contributed by atoms with van der Waals surface area (Å²) < 4.78 is 11.3. The summed E-state index contributed by atoms with van der Waals surface area (Å²) in [4.78, 5) is 17.5. The zero-order valence-corrected chi connectivity index (χ0v) is 19.5. The first-order valence-electron chi connectivity index (χ1n) is 11.2. The number of carbonyl (C=O) groups excluding carboxylic acids is 1. The van der Waals surface area contributed by atoms with E-state index in [4.69, 9.17) is 14.7 Å². The molecule has 34 heavy (non-hydrogen) atoms. The first-order valence-corrected chi connectivity index (χ1v) is 11.2. The van der Waals surface area contributed by atoms with Gasteiger partial charge in [-0.05, 0) is 67.2 Å². The third-order valence-electron chi connectivity index (χ3n) is 5.90. The summed E-state index contributed by atoms with van der Waals surface area (Å²) in [6.07, 6.45) is 0. The zero-order valence-electron chi connectivity index (χ0n) is 19.5. The average molecular weight is 457 g/mol. The maximum atomic E-state index is 12.8. The number of amides is 1. The van der Waals surface area contributed by atoms with E-state index in [-0.39, 0.29) is 5.91 Å². The minimum atomic E-state index is -0.218. The Labute approximate surface area is 200 Å². The van der Waals surface area contributed by atoms with Crippen molar-refractivity contribution >= 4 is 17.3 Å². The Morgan fingerprint density at radius 2 is 1.68 bits per heavy atom. The van der Waals surface area contributed by atoms with Crippen molar-refractivity contribution in [1.82, 2.24) is 4.90 Å². The van der Waals surface area contributed by atoms with E-state index in [9.17, 15) is 4.79 Å². The van der Waals surface area contributed by atoms with Gasteiger partial charge in [0.1, 0.15) is 6.61 Å². The molecular weight excluding hydrogens is 428 g/mol. The Morgan fingerprint density at radius 3 is 2.32 bits per heavy atom. The Balaban J connectivity index is 1.37. The highest BCUT2D eigenvalue weighted by atomic mass is 16.5. The second-order valence-corrected chi connectivity index (χ2v) is 8.25. The molecule has 0 aromatic heterocycles. The second kappa shape index (κ2) is 10.7. The lowest BCUT2D eigenvalue weighted by Crippen LogP contribution is -2.44. The summed E-state index contributed by atoms with van der Waals surface area (Å²) in [5.74, 6) is 0.802. The summed E-state index contributed by atoms with van der Waals surface area (Å²) in [5, 5.41) is 11.9. The fourth-order valence-electron chi connectivity index (χ4n) is 3.79. The van der Waals surface area contributed by atoms with E-state index in [1.165, 1.54) is 0 Å². The van der Waals surface area contributed by atoms with E-state index < -0.39 is 0 Å². The van der Waals surface area contributed by atoms with Crippen molar-refractivity contribution in [2.45, 2.75) is 6.61 Å². The van der Waals surface area contributed by atoms with Gasteiger partial charge in [0.05, 0.1) is 18.7 Å². The number of rotatable bonds is 7.